The molecule has 2 aromatic heterocycles. The molecule has 10 nitrogen and oxygen atoms in total. The van der Waals surface area contributed by atoms with Gasteiger partial charge in [-0.25, -0.2) is 19.1 Å². The lowest BCUT2D eigenvalue weighted by Gasteiger charge is -2.47. The highest BCUT2D eigenvalue weighted by Crippen LogP contribution is 2.49. The summed E-state index contributed by atoms with van der Waals surface area (Å²) in [6.45, 7) is 11.7. The van der Waals surface area contributed by atoms with Crippen LogP contribution in [0.25, 0.3) is 10.2 Å². The van der Waals surface area contributed by atoms with E-state index in [-0.39, 0.29) is 36.8 Å². The number of carbonyl (C=O) groups excluding carboxylic acids is 3. The van der Waals surface area contributed by atoms with Gasteiger partial charge in [-0.1, -0.05) is 50.1 Å². The number of H-pyrrole nitrogens is 1. The van der Waals surface area contributed by atoms with Crippen LogP contribution in [0.5, 0.6) is 0 Å². The zero-order valence-electron chi connectivity index (χ0n) is 23.5. The number of aryl methyl sites for hydroxylation is 2. The molecule has 1 saturated heterocycles. The molecule has 0 radical (unpaired) electrons. The number of amides is 1. The van der Waals surface area contributed by atoms with E-state index in [4.69, 9.17) is 19.2 Å². The van der Waals surface area contributed by atoms with Gasteiger partial charge >= 0.3 is 12.1 Å². The third-order valence-corrected chi connectivity index (χ3v) is 9.70. The lowest BCUT2D eigenvalue weighted by Crippen LogP contribution is -2.64. The first-order valence-electron chi connectivity index (χ1n) is 13.6. The van der Waals surface area contributed by atoms with Crippen LogP contribution in [0.1, 0.15) is 19.4 Å². The lowest BCUT2D eigenvalue weighted by molar-refractivity contribution is -0.695. The Bertz CT molecular complexity index is 1530. The summed E-state index contributed by atoms with van der Waals surface area (Å²) in [6, 6.07) is 6.01. The zero-order chi connectivity index (χ0) is 29.8. The minimum Gasteiger partial charge on any atom is -0.457 e. The van der Waals surface area contributed by atoms with Crippen molar-refractivity contribution in [3.63, 3.8) is 0 Å². The van der Waals surface area contributed by atoms with Gasteiger partial charge in [0.1, 0.15) is 37.4 Å². The lowest BCUT2D eigenvalue weighted by atomic mass is 9.78. The van der Waals surface area contributed by atoms with Crippen LogP contribution in [-0.2, 0) is 36.8 Å². The number of nitrogens with zero attached hydrogens (tertiary/aromatic N) is 3. The van der Waals surface area contributed by atoms with Gasteiger partial charge in [0.15, 0.2) is 4.34 Å². The predicted molar refractivity (Wildman–Crippen MR) is 159 cm³/mol. The second kappa shape index (κ2) is 13.0. The maximum atomic E-state index is 13.3. The number of aromatic nitrogens is 3. The molecule has 1 aromatic carbocycles. The summed E-state index contributed by atoms with van der Waals surface area (Å²) in [5.41, 5.74) is 3.21. The maximum absolute atomic E-state index is 13.3. The van der Waals surface area contributed by atoms with E-state index in [0.29, 0.717) is 5.75 Å². The first-order valence-corrected chi connectivity index (χ1v) is 15.4. The highest BCUT2D eigenvalue weighted by atomic mass is 32.2. The normalized spacial score (nSPS) is 20.2. The van der Waals surface area contributed by atoms with Crippen LogP contribution in [0.15, 0.2) is 77.8 Å². The van der Waals surface area contributed by atoms with Gasteiger partial charge in [-0.05, 0) is 30.2 Å². The van der Waals surface area contributed by atoms with Crippen molar-refractivity contribution in [1.82, 2.24) is 14.9 Å². The molecule has 2 aliphatic heterocycles. The average molecular weight is 610 g/mol. The van der Waals surface area contributed by atoms with Crippen molar-refractivity contribution in [2.45, 2.75) is 43.3 Å². The first kappa shape index (κ1) is 29.6. The number of hydrogen-bond donors (Lipinski definition) is 1. The Labute approximate surface area is 252 Å². The van der Waals surface area contributed by atoms with Crippen molar-refractivity contribution in [3.8, 4) is 0 Å². The van der Waals surface area contributed by atoms with Gasteiger partial charge in [0.05, 0.1) is 28.7 Å². The van der Waals surface area contributed by atoms with Crippen molar-refractivity contribution in [2.24, 2.45) is 11.8 Å². The Morgan fingerprint density at radius 1 is 1.26 bits per heavy atom. The molecule has 1 fully saturated rings. The number of hydrogen-bond acceptors (Lipinski definition) is 9. The Hall–Kier alpha value is -3.90. The molecular weight excluding hydrogens is 576 g/mol. The highest BCUT2D eigenvalue weighted by molar-refractivity contribution is 8.01. The minimum absolute atomic E-state index is 0.0120. The molecule has 0 bridgehead atoms. The van der Waals surface area contributed by atoms with E-state index in [9.17, 15) is 14.4 Å². The van der Waals surface area contributed by atoms with Crippen molar-refractivity contribution in [3.05, 3.63) is 79.1 Å². The fraction of sp³-hybridized carbons (Fsp3) is 0.367. The molecule has 220 valence electrons. The number of imidazole rings is 1. The summed E-state index contributed by atoms with van der Waals surface area (Å²) in [5.74, 6) is -1.16. The summed E-state index contributed by atoms with van der Waals surface area (Å²) >= 11 is 3.13. The number of ether oxygens (including phenoxy) is 3. The number of carbonyl (C=O) groups is 3. The van der Waals surface area contributed by atoms with E-state index in [2.05, 4.69) is 40.9 Å². The predicted octanol–water partition coefficient (Wildman–Crippen LogP) is 4.43. The van der Waals surface area contributed by atoms with Crippen LogP contribution in [-0.4, -0.2) is 64.0 Å². The van der Waals surface area contributed by atoms with Crippen LogP contribution in [0.3, 0.4) is 0 Å². The molecule has 5 rings (SSSR count). The third kappa shape index (κ3) is 6.00. The molecule has 0 aliphatic carbocycles. The van der Waals surface area contributed by atoms with Crippen molar-refractivity contribution in [1.29, 1.82) is 0 Å². The van der Waals surface area contributed by atoms with Crippen LogP contribution >= 0.6 is 23.1 Å². The number of thioether (sulfide) groups is 1. The monoisotopic (exact) mass is 609 g/mol. The number of fused-ring (bicyclic) bond motifs is 2. The number of esters is 1. The molecule has 42 heavy (non-hydrogen) atoms. The zero-order valence-corrected chi connectivity index (χ0v) is 25.1. The second-order valence-electron chi connectivity index (χ2n) is 10.1. The smallest absolute Gasteiger partial charge is 0.457 e. The molecular formula is C30H33N4O6S2+. The minimum atomic E-state index is -0.865. The van der Waals surface area contributed by atoms with Gasteiger partial charge in [-0.2, -0.15) is 0 Å². The fourth-order valence-electron chi connectivity index (χ4n) is 5.43. The maximum Gasteiger partial charge on any atom is 0.508 e. The molecule has 4 atom stereocenters. The number of thiazole rings is 1. The third-order valence-electron chi connectivity index (χ3n) is 7.47. The molecule has 0 unspecified atom stereocenters. The Balaban J connectivity index is 1.31. The summed E-state index contributed by atoms with van der Waals surface area (Å²) in [4.78, 5) is 47.9. The van der Waals surface area contributed by atoms with E-state index in [1.54, 1.807) is 18.3 Å². The summed E-state index contributed by atoms with van der Waals surface area (Å²) in [6.07, 6.45) is 8.04. The van der Waals surface area contributed by atoms with Crippen LogP contribution in [0, 0.1) is 11.8 Å². The van der Waals surface area contributed by atoms with Crippen LogP contribution < -0.4 is 4.57 Å². The number of rotatable bonds is 13. The fourth-order valence-corrected chi connectivity index (χ4v) is 7.63. The van der Waals surface area contributed by atoms with E-state index in [0.717, 1.165) is 33.1 Å². The number of aromatic amines is 1. The van der Waals surface area contributed by atoms with E-state index in [1.165, 1.54) is 34.4 Å². The molecule has 1 amide bonds. The summed E-state index contributed by atoms with van der Waals surface area (Å²) in [7, 11) is 0. The molecule has 3 aromatic rings. The van der Waals surface area contributed by atoms with Gasteiger partial charge in [-0.15, -0.1) is 11.3 Å². The quantitative estimate of drug-likeness (QED) is 0.0995. The number of nitrogens with one attached hydrogen (secondary N) is 1. The largest absolute Gasteiger partial charge is 0.508 e. The van der Waals surface area contributed by atoms with Crippen molar-refractivity contribution in [2.75, 3.05) is 19.0 Å². The number of benzene rings is 1. The molecule has 2 aliphatic rings. The Morgan fingerprint density at radius 3 is 2.79 bits per heavy atom. The molecule has 4 heterocycles. The van der Waals surface area contributed by atoms with Gasteiger partial charge < -0.3 is 19.1 Å². The van der Waals surface area contributed by atoms with E-state index in [1.807, 2.05) is 25.6 Å². The second-order valence-corrected chi connectivity index (χ2v) is 12.4. The van der Waals surface area contributed by atoms with Crippen LogP contribution in [0.2, 0.25) is 0 Å². The molecule has 12 heteroatoms. The topological polar surface area (TPSA) is 115 Å². The molecule has 1 N–H and O–H groups in total. The van der Waals surface area contributed by atoms with E-state index >= 15 is 0 Å². The SMILES string of the molecule is C=CCOC(=O)O[C@H](C)[C@H]1C(=O)N2C(C(=O)OCC=C)=C(CSc3nc4cc(CC[n+]5cc[nH]c5)ccc4s3)[C@H](C)[C@H]12. The van der Waals surface area contributed by atoms with Gasteiger partial charge in [-0.3, -0.25) is 9.78 Å². The Morgan fingerprint density at radius 2 is 2.05 bits per heavy atom. The summed E-state index contributed by atoms with van der Waals surface area (Å²) < 4.78 is 19.7. The van der Waals surface area contributed by atoms with Gasteiger partial charge in [0.25, 0.3) is 0 Å². The van der Waals surface area contributed by atoms with Gasteiger partial charge in [0.2, 0.25) is 12.2 Å². The molecule has 0 saturated carbocycles. The first-order chi connectivity index (χ1) is 20.3. The van der Waals surface area contributed by atoms with Crippen molar-refractivity contribution >= 4 is 51.3 Å². The Kier molecular flexibility index (Phi) is 9.12. The van der Waals surface area contributed by atoms with E-state index < -0.39 is 24.1 Å². The molecule has 0 spiro atoms. The van der Waals surface area contributed by atoms with Gasteiger partial charge in [0, 0.05) is 18.1 Å². The van der Waals surface area contributed by atoms with Crippen LogP contribution in [0.4, 0.5) is 4.79 Å². The van der Waals surface area contributed by atoms with Crippen molar-refractivity contribution < 1.29 is 33.2 Å². The standard InChI is InChI=1S/C30H32N4O6S2/c1-5-13-38-28(36)26-21(18(3)25-24(27(35)34(25)26)19(4)40-30(37)39-14-6-2)16-41-29-32-22-15-20(7-8-23(22)42-29)9-11-33-12-10-31-17-33/h5-8,10,12,15,17-19,24-25H,1-2,9,11,13-14,16H2,3-4H3/p+1/t18-,19+,24+,25+/m0/s1. The highest BCUT2D eigenvalue weighted by Gasteiger charge is 2.61. The number of β-lactam (4-membered cyclic amide) rings is 1. The average Bonchev–Trinajstić information content (AvgIpc) is 3.69. The summed E-state index contributed by atoms with van der Waals surface area (Å²) in [5, 5.41) is 0.